The summed E-state index contributed by atoms with van der Waals surface area (Å²) < 4.78 is 33.6. The molecule has 1 aromatic rings. The van der Waals surface area contributed by atoms with Crippen LogP contribution in [0.5, 0.6) is 5.88 Å². The minimum Gasteiger partial charge on any atom is -0.417 e. The van der Waals surface area contributed by atoms with Crippen LogP contribution in [0.15, 0.2) is 18.3 Å². The topological polar surface area (TPSA) is 54.9 Å². The predicted molar refractivity (Wildman–Crippen MR) is 77.5 cm³/mol. The van der Waals surface area contributed by atoms with Crippen LogP contribution in [-0.4, -0.2) is 73.2 Å². The number of carbonyl (C=O) groups excluding carboxylic acids is 1. The monoisotopic (exact) mass is 327 g/mol. The molecule has 1 amide bonds. The number of nitrogens with zero attached hydrogens (tertiary/aromatic N) is 3. The van der Waals surface area contributed by atoms with Gasteiger partial charge in [0.2, 0.25) is 5.88 Å². The molecule has 8 heteroatoms. The second-order valence-corrected chi connectivity index (χ2v) is 5.75. The number of halogens is 2. The van der Waals surface area contributed by atoms with E-state index in [1.54, 1.807) is 4.90 Å². The van der Waals surface area contributed by atoms with Gasteiger partial charge in [-0.2, -0.15) is 8.78 Å². The number of hydrogen-bond donors (Lipinski definition) is 0. The van der Waals surface area contributed by atoms with Crippen molar-refractivity contribution < 1.29 is 23.0 Å². The Morgan fingerprint density at radius 3 is 2.70 bits per heavy atom. The molecule has 2 saturated heterocycles. The first-order valence-electron chi connectivity index (χ1n) is 7.62. The molecule has 2 aliphatic rings. The van der Waals surface area contributed by atoms with Gasteiger partial charge in [-0.05, 0) is 6.07 Å². The van der Waals surface area contributed by atoms with Gasteiger partial charge >= 0.3 is 6.61 Å². The summed E-state index contributed by atoms with van der Waals surface area (Å²) in [6.07, 6.45) is 1.27. The quantitative estimate of drug-likeness (QED) is 0.810. The van der Waals surface area contributed by atoms with Crippen molar-refractivity contribution in [2.24, 2.45) is 5.92 Å². The Morgan fingerprint density at radius 1 is 1.35 bits per heavy atom. The van der Waals surface area contributed by atoms with Crippen LogP contribution in [0.25, 0.3) is 0 Å². The van der Waals surface area contributed by atoms with Gasteiger partial charge in [-0.25, -0.2) is 4.98 Å². The first-order valence-corrected chi connectivity index (χ1v) is 7.62. The van der Waals surface area contributed by atoms with E-state index in [0.29, 0.717) is 24.6 Å². The number of likely N-dealkylation sites (tertiary alicyclic amines) is 1. The SMILES string of the molecule is O=C(c1ccc(OC(F)F)nc1)N1CC(CN2CCOCC2)C1. The van der Waals surface area contributed by atoms with E-state index in [9.17, 15) is 13.6 Å². The molecule has 0 radical (unpaired) electrons. The highest BCUT2D eigenvalue weighted by Gasteiger charge is 2.32. The van der Waals surface area contributed by atoms with Crippen molar-refractivity contribution in [1.29, 1.82) is 0 Å². The zero-order valence-electron chi connectivity index (χ0n) is 12.7. The Labute approximate surface area is 133 Å². The second-order valence-electron chi connectivity index (χ2n) is 5.75. The minimum atomic E-state index is -2.92. The smallest absolute Gasteiger partial charge is 0.388 e. The summed E-state index contributed by atoms with van der Waals surface area (Å²) in [5.41, 5.74) is 0.386. The van der Waals surface area contributed by atoms with Crippen LogP contribution in [0.1, 0.15) is 10.4 Å². The van der Waals surface area contributed by atoms with Gasteiger partial charge in [0.25, 0.3) is 5.91 Å². The molecule has 0 atom stereocenters. The number of aromatic nitrogens is 1. The zero-order chi connectivity index (χ0) is 16.2. The molecule has 23 heavy (non-hydrogen) atoms. The summed E-state index contributed by atoms with van der Waals surface area (Å²) in [6.45, 7) is 2.92. The summed E-state index contributed by atoms with van der Waals surface area (Å²) in [5, 5.41) is 0. The lowest BCUT2D eigenvalue weighted by atomic mass is 9.98. The van der Waals surface area contributed by atoms with Gasteiger partial charge in [0.15, 0.2) is 0 Å². The van der Waals surface area contributed by atoms with E-state index in [1.165, 1.54) is 18.3 Å². The first-order chi connectivity index (χ1) is 11.1. The van der Waals surface area contributed by atoms with Crippen LogP contribution < -0.4 is 4.74 Å². The van der Waals surface area contributed by atoms with E-state index in [1.807, 2.05) is 0 Å². The molecule has 0 saturated carbocycles. The molecule has 3 rings (SSSR count). The first kappa shape index (κ1) is 16.1. The number of rotatable bonds is 5. The van der Waals surface area contributed by atoms with Gasteiger partial charge in [-0.1, -0.05) is 0 Å². The van der Waals surface area contributed by atoms with Crippen molar-refractivity contribution in [3.05, 3.63) is 23.9 Å². The summed E-state index contributed by atoms with van der Waals surface area (Å²) in [6, 6.07) is 2.74. The van der Waals surface area contributed by atoms with Gasteiger partial charge in [0.1, 0.15) is 0 Å². The third-order valence-electron chi connectivity index (χ3n) is 4.06. The van der Waals surface area contributed by atoms with Crippen molar-refractivity contribution >= 4 is 5.91 Å². The number of pyridine rings is 1. The third-order valence-corrected chi connectivity index (χ3v) is 4.06. The molecular weight excluding hydrogens is 308 g/mol. The van der Waals surface area contributed by atoms with Crippen LogP contribution in [0, 0.1) is 5.92 Å². The summed E-state index contributed by atoms with van der Waals surface area (Å²) in [5.74, 6) is 0.163. The maximum atomic E-state index is 12.3. The Hall–Kier alpha value is -1.80. The van der Waals surface area contributed by atoms with Crippen LogP contribution in [0.3, 0.4) is 0 Å². The van der Waals surface area contributed by atoms with Crippen LogP contribution in [0.4, 0.5) is 8.78 Å². The number of hydrogen-bond acceptors (Lipinski definition) is 5. The Bertz CT molecular complexity index is 529. The molecule has 126 valence electrons. The fourth-order valence-electron chi connectivity index (χ4n) is 2.85. The molecule has 2 fully saturated rings. The van der Waals surface area contributed by atoms with Crippen molar-refractivity contribution in [2.75, 3.05) is 45.9 Å². The van der Waals surface area contributed by atoms with Gasteiger partial charge in [-0.15, -0.1) is 0 Å². The molecule has 0 aliphatic carbocycles. The van der Waals surface area contributed by atoms with E-state index in [-0.39, 0.29) is 11.8 Å². The van der Waals surface area contributed by atoms with Gasteiger partial charge in [0, 0.05) is 50.9 Å². The Balaban J connectivity index is 1.46. The highest BCUT2D eigenvalue weighted by Crippen LogP contribution is 2.21. The Kier molecular flexibility index (Phi) is 5.02. The lowest BCUT2D eigenvalue weighted by molar-refractivity contribution is -0.0528. The highest BCUT2D eigenvalue weighted by molar-refractivity contribution is 5.94. The normalized spacial score (nSPS) is 19.7. The van der Waals surface area contributed by atoms with E-state index in [2.05, 4.69) is 14.6 Å². The average molecular weight is 327 g/mol. The van der Waals surface area contributed by atoms with E-state index in [4.69, 9.17) is 4.74 Å². The Morgan fingerprint density at radius 2 is 2.09 bits per heavy atom. The fourth-order valence-corrected chi connectivity index (χ4v) is 2.85. The van der Waals surface area contributed by atoms with Gasteiger partial charge in [-0.3, -0.25) is 9.69 Å². The van der Waals surface area contributed by atoms with Gasteiger partial charge in [0.05, 0.1) is 18.8 Å². The van der Waals surface area contributed by atoms with E-state index in [0.717, 1.165) is 32.8 Å². The molecule has 6 nitrogen and oxygen atoms in total. The molecule has 1 aromatic heterocycles. The maximum absolute atomic E-state index is 12.3. The van der Waals surface area contributed by atoms with Crippen molar-refractivity contribution in [3.63, 3.8) is 0 Å². The minimum absolute atomic E-state index is 0.126. The number of amides is 1. The van der Waals surface area contributed by atoms with Crippen LogP contribution in [0.2, 0.25) is 0 Å². The van der Waals surface area contributed by atoms with Crippen LogP contribution in [-0.2, 0) is 4.74 Å². The third kappa shape index (κ3) is 4.14. The van der Waals surface area contributed by atoms with E-state index < -0.39 is 6.61 Å². The molecule has 0 bridgehead atoms. The average Bonchev–Trinajstić information content (AvgIpc) is 2.51. The van der Waals surface area contributed by atoms with Crippen molar-refractivity contribution in [3.8, 4) is 5.88 Å². The molecule has 3 heterocycles. The molecular formula is C15H19F2N3O3. The number of morpholine rings is 1. The standard InChI is InChI=1S/C15H19F2N3O3/c16-15(17)23-13-2-1-12(7-18-13)14(21)20-9-11(10-20)8-19-3-5-22-6-4-19/h1-2,7,11,15H,3-6,8-10H2. The predicted octanol–water partition coefficient (Wildman–Crippen LogP) is 1.09. The van der Waals surface area contributed by atoms with Crippen molar-refractivity contribution in [1.82, 2.24) is 14.8 Å². The number of carbonyl (C=O) groups is 1. The molecule has 0 spiro atoms. The summed E-state index contributed by atoms with van der Waals surface area (Å²) >= 11 is 0. The number of alkyl halides is 2. The maximum Gasteiger partial charge on any atom is 0.388 e. The largest absolute Gasteiger partial charge is 0.417 e. The van der Waals surface area contributed by atoms with Gasteiger partial charge < -0.3 is 14.4 Å². The number of ether oxygens (including phenoxy) is 2. The molecule has 2 aliphatic heterocycles. The second kappa shape index (κ2) is 7.18. The molecule has 0 N–H and O–H groups in total. The highest BCUT2D eigenvalue weighted by atomic mass is 19.3. The molecule has 0 unspecified atom stereocenters. The lowest BCUT2D eigenvalue weighted by Gasteiger charge is -2.42. The lowest BCUT2D eigenvalue weighted by Crippen LogP contribution is -2.54. The zero-order valence-corrected chi connectivity index (χ0v) is 12.7. The van der Waals surface area contributed by atoms with Crippen molar-refractivity contribution in [2.45, 2.75) is 6.61 Å². The molecule has 0 aromatic carbocycles. The summed E-state index contributed by atoms with van der Waals surface area (Å²) in [4.78, 5) is 20.1. The fraction of sp³-hybridized carbons (Fsp3) is 0.600. The van der Waals surface area contributed by atoms with E-state index >= 15 is 0 Å². The van der Waals surface area contributed by atoms with Crippen LogP contribution >= 0.6 is 0 Å². The summed E-state index contributed by atoms with van der Waals surface area (Å²) in [7, 11) is 0.